The van der Waals surface area contributed by atoms with Crippen molar-refractivity contribution in [1.82, 2.24) is 15.2 Å². The molecule has 2 aromatic heterocycles. The molecular formula is C20H24N4O3S. The van der Waals surface area contributed by atoms with Crippen LogP contribution in [-0.4, -0.2) is 23.6 Å². The van der Waals surface area contributed by atoms with E-state index in [2.05, 4.69) is 33.8 Å². The molecule has 1 aliphatic rings. The third kappa shape index (κ3) is 3.44. The second-order valence-corrected chi connectivity index (χ2v) is 9.30. The maximum Gasteiger partial charge on any atom is 0.264 e. The van der Waals surface area contributed by atoms with Gasteiger partial charge in [-0.2, -0.15) is 0 Å². The zero-order chi connectivity index (χ0) is 20.1. The highest BCUT2D eigenvalue weighted by molar-refractivity contribution is 7.92. The lowest BCUT2D eigenvalue weighted by molar-refractivity contribution is 0.507. The molecule has 0 radical (unpaired) electrons. The molecule has 0 saturated heterocycles. The summed E-state index contributed by atoms with van der Waals surface area (Å²) in [5, 5.41) is 8.19. The van der Waals surface area contributed by atoms with Crippen LogP contribution in [0.3, 0.4) is 0 Å². The molecule has 2 heterocycles. The summed E-state index contributed by atoms with van der Waals surface area (Å²) in [4.78, 5) is 3.32. The first-order valence-corrected chi connectivity index (χ1v) is 10.9. The van der Waals surface area contributed by atoms with Crippen LogP contribution in [0, 0.1) is 13.8 Å². The predicted octanol–water partition coefficient (Wildman–Crippen LogP) is 4.48. The van der Waals surface area contributed by atoms with E-state index in [1.807, 2.05) is 18.2 Å². The molecule has 0 atom stereocenters. The van der Waals surface area contributed by atoms with Crippen LogP contribution in [0.5, 0.6) is 0 Å². The summed E-state index contributed by atoms with van der Waals surface area (Å²) < 4.78 is 34.6. The van der Waals surface area contributed by atoms with E-state index in [-0.39, 0.29) is 4.90 Å². The fourth-order valence-electron chi connectivity index (χ4n) is 3.35. The number of aromatic amines is 1. The molecule has 4 rings (SSSR count). The minimum absolute atomic E-state index is 0.212. The summed E-state index contributed by atoms with van der Waals surface area (Å²) in [6.45, 7) is 7.62. The van der Waals surface area contributed by atoms with E-state index in [0.29, 0.717) is 46.3 Å². The van der Waals surface area contributed by atoms with Gasteiger partial charge in [-0.1, -0.05) is 26.0 Å². The van der Waals surface area contributed by atoms with Gasteiger partial charge in [-0.05, 0) is 50.3 Å². The first-order chi connectivity index (χ1) is 13.3. The van der Waals surface area contributed by atoms with Gasteiger partial charge in [-0.25, -0.2) is 8.42 Å². The summed E-state index contributed by atoms with van der Waals surface area (Å²) in [5.41, 5.74) is 3.26. The van der Waals surface area contributed by atoms with Crippen molar-refractivity contribution in [3.8, 4) is 11.6 Å². The molecule has 3 aromatic rings. The molecule has 148 valence electrons. The number of aromatic nitrogens is 3. The topological polar surface area (TPSA) is 101 Å². The van der Waals surface area contributed by atoms with Crippen molar-refractivity contribution >= 4 is 15.7 Å². The molecule has 0 amide bonds. The minimum Gasteiger partial charge on any atom is -0.419 e. The molecule has 7 nitrogen and oxygen atoms in total. The normalized spacial score (nSPS) is 14.6. The Morgan fingerprint density at radius 1 is 1.21 bits per heavy atom. The molecular weight excluding hydrogens is 376 g/mol. The van der Waals surface area contributed by atoms with Crippen LogP contribution >= 0.6 is 0 Å². The molecule has 1 aliphatic carbocycles. The highest BCUT2D eigenvalue weighted by atomic mass is 32.2. The Kier molecular flexibility index (Phi) is 4.53. The van der Waals surface area contributed by atoms with E-state index in [4.69, 9.17) is 4.42 Å². The molecule has 0 aliphatic heterocycles. The van der Waals surface area contributed by atoms with Gasteiger partial charge >= 0.3 is 0 Å². The second kappa shape index (κ2) is 6.77. The Balaban J connectivity index is 1.67. The number of hydrogen-bond acceptors (Lipinski definition) is 5. The predicted molar refractivity (Wildman–Crippen MR) is 107 cm³/mol. The molecule has 1 saturated carbocycles. The van der Waals surface area contributed by atoms with E-state index in [0.717, 1.165) is 18.4 Å². The molecule has 8 heteroatoms. The van der Waals surface area contributed by atoms with Gasteiger partial charge in [0.2, 0.25) is 5.89 Å². The number of sulfonamides is 1. The van der Waals surface area contributed by atoms with Crippen molar-refractivity contribution in [2.75, 3.05) is 4.72 Å². The van der Waals surface area contributed by atoms with Crippen LogP contribution in [0.1, 0.15) is 61.2 Å². The second-order valence-electron chi connectivity index (χ2n) is 7.68. The highest BCUT2D eigenvalue weighted by Gasteiger charge is 2.31. The Bertz CT molecular complexity index is 1120. The number of hydrogen-bond donors (Lipinski definition) is 2. The fourth-order valence-corrected chi connectivity index (χ4v) is 4.85. The molecule has 1 aromatic carbocycles. The van der Waals surface area contributed by atoms with Crippen LogP contribution in [0.15, 0.2) is 33.6 Å². The van der Waals surface area contributed by atoms with Crippen LogP contribution in [0.2, 0.25) is 0 Å². The van der Waals surface area contributed by atoms with Gasteiger partial charge in [-0.3, -0.25) is 4.72 Å². The maximum atomic E-state index is 13.1. The lowest BCUT2D eigenvalue weighted by atomic mass is 10.0. The minimum atomic E-state index is -3.77. The van der Waals surface area contributed by atoms with Gasteiger partial charge in [0.15, 0.2) is 0 Å². The van der Waals surface area contributed by atoms with Crippen molar-refractivity contribution in [2.24, 2.45) is 0 Å². The molecule has 0 unspecified atom stereocenters. The molecule has 2 N–H and O–H groups in total. The number of nitrogens with zero attached hydrogens (tertiary/aromatic N) is 2. The van der Waals surface area contributed by atoms with Crippen molar-refractivity contribution in [3.05, 3.63) is 47.0 Å². The lowest BCUT2D eigenvalue weighted by Gasteiger charge is -2.11. The Morgan fingerprint density at radius 3 is 2.64 bits per heavy atom. The first kappa shape index (κ1) is 18.7. The summed E-state index contributed by atoms with van der Waals surface area (Å²) >= 11 is 0. The number of benzene rings is 1. The van der Waals surface area contributed by atoms with E-state index >= 15 is 0 Å². The quantitative estimate of drug-likeness (QED) is 0.635. The fraction of sp³-hybridized carbons (Fsp3) is 0.400. The largest absolute Gasteiger partial charge is 0.419 e. The summed E-state index contributed by atoms with van der Waals surface area (Å²) in [5.74, 6) is 1.60. The van der Waals surface area contributed by atoms with Gasteiger partial charge in [0.05, 0.1) is 0 Å². The lowest BCUT2D eigenvalue weighted by Crippen LogP contribution is -2.14. The smallest absolute Gasteiger partial charge is 0.264 e. The Morgan fingerprint density at radius 2 is 1.96 bits per heavy atom. The third-order valence-corrected chi connectivity index (χ3v) is 6.68. The average molecular weight is 401 g/mol. The molecule has 0 spiro atoms. The van der Waals surface area contributed by atoms with Crippen LogP contribution < -0.4 is 4.72 Å². The van der Waals surface area contributed by atoms with E-state index in [1.54, 1.807) is 19.9 Å². The van der Waals surface area contributed by atoms with Crippen molar-refractivity contribution < 1.29 is 12.8 Å². The summed E-state index contributed by atoms with van der Waals surface area (Å²) in [7, 11) is -3.77. The molecule has 0 bridgehead atoms. The van der Waals surface area contributed by atoms with Gasteiger partial charge < -0.3 is 9.40 Å². The zero-order valence-electron chi connectivity index (χ0n) is 16.4. The summed E-state index contributed by atoms with van der Waals surface area (Å²) in [6, 6.07) is 7.45. The maximum absolute atomic E-state index is 13.1. The SMILES string of the molecule is Cc1[nH]c(-c2nnc(C3CC3)o2)c(C)c1S(=O)(=O)Nc1cccc(C(C)C)c1. The van der Waals surface area contributed by atoms with E-state index < -0.39 is 10.0 Å². The third-order valence-electron chi connectivity index (χ3n) is 5.02. The van der Waals surface area contributed by atoms with Crippen molar-refractivity contribution in [2.45, 2.75) is 57.3 Å². The summed E-state index contributed by atoms with van der Waals surface area (Å²) in [6.07, 6.45) is 2.12. The van der Waals surface area contributed by atoms with Crippen LogP contribution in [0.4, 0.5) is 5.69 Å². The average Bonchev–Trinajstić information content (AvgIpc) is 3.27. The molecule has 28 heavy (non-hydrogen) atoms. The number of rotatable bonds is 6. The van der Waals surface area contributed by atoms with Gasteiger partial charge in [0.25, 0.3) is 15.9 Å². The number of aryl methyl sites for hydroxylation is 1. The van der Waals surface area contributed by atoms with Crippen LogP contribution in [-0.2, 0) is 10.0 Å². The number of anilines is 1. The number of nitrogens with one attached hydrogen (secondary N) is 2. The zero-order valence-corrected chi connectivity index (χ0v) is 17.2. The van der Waals surface area contributed by atoms with Gasteiger partial charge in [0, 0.05) is 22.9 Å². The van der Waals surface area contributed by atoms with E-state index in [9.17, 15) is 8.42 Å². The van der Waals surface area contributed by atoms with Gasteiger partial charge in [-0.15, -0.1) is 10.2 Å². The Labute approximate surface area is 164 Å². The first-order valence-electron chi connectivity index (χ1n) is 9.42. The van der Waals surface area contributed by atoms with Gasteiger partial charge in [0.1, 0.15) is 10.6 Å². The van der Waals surface area contributed by atoms with Crippen LogP contribution in [0.25, 0.3) is 11.6 Å². The monoisotopic (exact) mass is 400 g/mol. The standard InChI is InChI=1S/C20H24N4O3S/c1-11(2)15-6-5-7-16(10-15)24-28(25,26)18-12(3)17(21-13(18)4)20-23-22-19(27-20)14-8-9-14/h5-7,10-11,14,21,24H,8-9H2,1-4H3. The Hall–Kier alpha value is -2.61. The van der Waals surface area contributed by atoms with Crippen molar-refractivity contribution in [3.63, 3.8) is 0 Å². The highest BCUT2D eigenvalue weighted by Crippen LogP contribution is 2.40. The number of H-pyrrole nitrogens is 1. The van der Waals surface area contributed by atoms with E-state index in [1.165, 1.54) is 0 Å². The van der Waals surface area contributed by atoms with Crippen molar-refractivity contribution in [1.29, 1.82) is 0 Å². The molecule has 1 fully saturated rings.